The molecule has 1 N–H and O–H groups in total. The van der Waals surface area contributed by atoms with Gasteiger partial charge in [-0.3, -0.25) is 4.79 Å². The van der Waals surface area contributed by atoms with Gasteiger partial charge in [0.15, 0.2) is 0 Å². The number of benzene rings is 2. The molecule has 0 saturated heterocycles. The maximum Gasteiger partial charge on any atom is 0.251 e. The second kappa shape index (κ2) is 7.48. The summed E-state index contributed by atoms with van der Waals surface area (Å²) in [5.41, 5.74) is 1.69. The number of hydrogen-bond donors (Lipinski definition) is 1. The molecule has 1 amide bonds. The van der Waals surface area contributed by atoms with Gasteiger partial charge in [-0.1, -0.05) is 33.6 Å². The lowest BCUT2D eigenvalue weighted by Gasteiger charge is -2.10. The molecule has 3 nitrogen and oxygen atoms in total. The number of rotatable bonds is 5. The first-order valence-electron chi connectivity index (χ1n) is 6.49. The number of ether oxygens (including phenoxy) is 1. The largest absolute Gasteiger partial charge is 0.490 e. The Hall–Kier alpha value is -1.52. The molecular weight excluding hydrogens is 354 g/mol. The Balaban J connectivity index is 1.80. The average molecular weight is 369 g/mol. The summed E-state index contributed by atoms with van der Waals surface area (Å²) in [7, 11) is 0. The predicted octanol–water partition coefficient (Wildman–Crippen LogP) is 4.22. The Kier molecular flexibility index (Phi) is 5.65. The molecule has 110 valence electrons. The first kappa shape index (κ1) is 15.9. The molecule has 2 aromatic carbocycles. The van der Waals surface area contributed by atoms with Gasteiger partial charge in [-0.15, -0.1) is 0 Å². The molecule has 0 aliphatic carbocycles. The molecule has 0 unspecified atom stereocenters. The van der Waals surface area contributed by atoms with Crippen molar-refractivity contribution in [3.05, 3.63) is 63.1 Å². The molecule has 0 heterocycles. The Morgan fingerprint density at radius 3 is 2.67 bits per heavy atom. The van der Waals surface area contributed by atoms with E-state index >= 15 is 0 Å². The van der Waals surface area contributed by atoms with Gasteiger partial charge in [-0.05, 0) is 48.9 Å². The number of aryl methyl sites for hydroxylation is 1. The summed E-state index contributed by atoms with van der Waals surface area (Å²) in [5, 5.41) is 3.37. The fraction of sp³-hybridized carbons (Fsp3) is 0.188. The van der Waals surface area contributed by atoms with Gasteiger partial charge in [0, 0.05) is 10.0 Å². The van der Waals surface area contributed by atoms with Crippen molar-refractivity contribution >= 4 is 33.4 Å². The molecule has 5 heteroatoms. The lowest BCUT2D eigenvalue weighted by molar-refractivity contribution is 0.0947. The minimum Gasteiger partial charge on any atom is -0.490 e. The maximum absolute atomic E-state index is 11.9. The summed E-state index contributed by atoms with van der Waals surface area (Å²) in [6, 6.07) is 12.8. The highest BCUT2D eigenvalue weighted by atomic mass is 79.9. The zero-order valence-corrected chi connectivity index (χ0v) is 13.9. The second-order valence-electron chi connectivity index (χ2n) is 4.55. The van der Waals surface area contributed by atoms with Crippen molar-refractivity contribution in [1.29, 1.82) is 0 Å². The van der Waals surface area contributed by atoms with Crippen molar-refractivity contribution in [2.75, 3.05) is 13.2 Å². The maximum atomic E-state index is 11.9. The number of carbonyl (C=O) groups excluding carboxylic acids is 1. The van der Waals surface area contributed by atoms with E-state index in [1.54, 1.807) is 18.2 Å². The van der Waals surface area contributed by atoms with Crippen LogP contribution in [0.1, 0.15) is 15.9 Å². The van der Waals surface area contributed by atoms with Gasteiger partial charge in [-0.25, -0.2) is 0 Å². The minimum atomic E-state index is -0.124. The summed E-state index contributed by atoms with van der Waals surface area (Å²) in [6.07, 6.45) is 0. The average Bonchev–Trinajstić information content (AvgIpc) is 2.47. The van der Waals surface area contributed by atoms with Crippen molar-refractivity contribution in [3.63, 3.8) is 0 Å². The molecule has 0 aliphatic rings. The molecule has 0 saturated carbocycles. The van der Waals surface area contributed by atoms with Crippen molar-refractivity contribution in [2.45, 2.75) is 6.92 Å². The number of nitrogens with one attached hydrogen (secondary N) is 1. The molecule has 0 aromatic heterocycles. The van der Waals surface area contributed by atoms with Crippen LogP contribution in [0.3, 0.4) is 0 Å². The van der Waals surface area contributed by atoms with E-state index in [1.165, 1.54) is 0 Å². The fourth-order valence-electron chi connectivity index (χ4n) is 1.75. The Morgan fingerprint density at radius 2 is 1.95 bits per heavy atom. The first-order chi connectivity index (χ1) is 10.1. The van der Waals surface area contributed by atoms with Crippen molar-refractivity contribution in [2.24, 2.45) is 0 Å². The minimum absolute atomic E-state index is 0.124. The van der Waals surface area contributed by atoms with Crippen LogP contribution in [-0.2, 0) is 0 Å². The number of hydrogen-bond acceptors (Lipinski definition) is 2. The second-order valence-corrected chi connectivity index (χ2v) is 5.87. The van der Waals surface area contributed by atoms with E-state index in [0.717, 1.165) is 10.0 Å². The van der Waals surface area contributed by atoms with Gasteiger partial charge in [-0.2, -0.15) is 0 Å². The van der Waals surface area contributed by atoms with Crippen LogP contribution in [-0.4, -0.2) is 19.1 Å². The normalized spacial score (nSPS) is 10.2. The molecule has 0 aliphatic heterocycles. The third-order valence-corrected chi connectivity index (χ3v) is 3.68. The number of amides is 1. The van der Waals surface area contributed by atoms with Crippen molar-refractivity contribution < 1.29 is 9.53 Å². The SMILES string of the molecule is Cc1ccc(Cl)c(OCCNC(=O)c2ccc(Br)cc2)c1. The van der Waals surface area contributed by atoms with Gasteiger partial charge in [0.2, 0.25) is 0 Å². The molecular formula is C16H15BrClNO2. The summed E-state index contributed by atoms with van der Waals surface area (Å²) in [5.74, 6) is 0.510. The van der Waals surface area contributed by atoms with Crippen LogP contribution in [0, 0.1) is 6.92 Å². The fourth-order valence-corrected chi connectivity index (χ4v) is 2.19. The van der Waals surface area contributed by atoms with E-state index in [0.29, 0.717) is 29.5 Å². The van der Waals surface area contributed by atoms with E-state index in [4.69, 9.17) is 16.3 Å². The Morgan fingerprint density at radius 1 is 1.24 bits per heavy atom. The molecule has 21 heavy (non-hydrogen) atoms. The predicted molar refractivity (Wildman–Crippen MR) is 88.2 cm³/mol. The van der Waals surface area contributed by atoms with E-state index in [1.807, 2.05) is 31.2 Å². The highest BCUT2D eigenvalue weighted by Crippen LogP contribution is 2.24. The van der Waals surface area contributed by atoms with Crippen molar-refractivity contribution in [1.82, 2.24) is 5.32 Å². The van der Waals surface area contributed by atoms with Crippen LogP contribution in [0.15, 0.2) is 46.9 Å². The summed E-state index contributed by atoms with van der Waals surface area (Å²) in [6.45, 7) is 2.75. The standard InChI is InChI=1S/C16H15BrClNO2/c1-11-2-7-14(18)15(10-11)21-9-8-19-16(20)12-3-5-13(17)6-4-12/h2-7,10H,8-9H2,1H3,(H,19,20). The molecule has 0 fully saturated rings. The summed E-state index contributed by atoms with van der Waals surface area (Å²) >= 11 is 9.36. The zero-order valence-electron chi connectivity index (χ0n) is 11.5. The molecule has 0 radical (unpaired) electrons. The van der Waals surface area contributed by atoms with Crippen molar-refractivity contribution in [3.8, 4) is 5.75 Å². The molecule has 0 bridgehead atoms. The van der Waals surface area contributed by atoms with Crippen LogP contribution < -0.4 is 10.1 Å². The van der Waals surface area contributed by atoms with E-state index in [2.05, 4.69) is 21.2 Å². The monoisotopic (exact) mass is 367 g/mol. The van der Waals surface area contributed by atoms with Gasteiger partial charge in [0.1, 0.15) is 12.4 Å². The van der Waals surface area contributed by atoms with Crippen LogP contribution in [0.25, 0.3) is 0 Å². The number of halogens is 2. The Bertz CT molecular complexity index is 629. The summed E-state index contributed by atoms with van der Waals surface area (Å²) in [4.78, 5) is 11.9. The highest BCUT2D eigenvalue weighted by molar-refractivity contribution is 9.10. The van der Waals surface area contributed by atoms with E-state index < -0.39 is 0 Å². The van der Waals surface area contributed by atoms with Gasteiger partial charge >= 0.3 is 0 Å². The van der Waals surface area contributed by atoms with Gasteiger partial charge < -0.3 is 10.1 Å². The van der Waals surface area contributed by atoms with Crippen LogP contribution in [0.4, 0.5) is 0 Å². The zero-order chi connectivity index (χ0) is 15.2. The molecule has 0 spiro atoms. The van der Waals surface area contributed by atoms with Gasteiger partial charge in [0.05, 0.1) is 11.6 Å². The van der Waals surface area contributed by atoms with Crippen LogP contribution >= 0.6 is 27.5 Å². The Labute approximate surface area is 137 Å². The molecule has 0 atom stereocenters. The van der Waals surface area contributed by atoms with Gasteiger partial charge in [0.25, 0.3) is 5.91 Å². The molecule has 2 rings (SSSR count). The van der Waals surface area contributed by atoms with E-state index in [9.17, 15) is 4.79 Å². The smallest absolute Gasteiger partial charge is 0.251 e. The third kappa shape index (κ3) is 4.76. The summed E-state index contributed by atoms with van der Waals surface area (Å²) < 4.78 is 6.51. The molecule has 2 aromatic rings. The van der Waals surface area contributed by atoms with E-state index in [-0.39, 0.29) is 5.91 Å². The lowest BCUT2D eigenvalue weighted by Crippen LogP contribution is -2.28. The first-order valence-corrected chi connectivity index (χ1v) is 7.66. The van der Waals surface area contributed by atoms with Crippen LogP contribution in [0.5, 0.6) is 5.75 Å². The number of carbonyl (C=O) groups is 1. The lowest BCUT2D eigenvalue weighted by atomic mass is 10.2. The topological polar surface area (TPSA) is 38.3 Å². The highest BCUT2D eigenvalue weighted by Gasteiger charge is 2.05. The van der Waals surface area contributed by atoms with Crippen LogP contribution in [0.2, 0.25) is 5.02 Å². The quantitative estimate of drug-likeness (QED) is 0.803. The third-order valence-electron chi connectivity index (χ3n) is 2.84.